The van der Waals surface area contributed by atoms with Gasteiger partial charge >= 0.3 is 0 Å². The predicted molar refractivity (Wildman–Crippen MR) is 71.2 cm³/mol. The van der Waals surface area contributed by atoms with Gasteiger partial charge in [0.1, 0.15) is 0 Å². The second kappa shape index (κ2) is 5.19. The van der Waals surface area contributed by atoms with Gasteiger partial charge in [-0.1, -0.05) is 6.92 Å². The second-order valence-electron chi connectivity index (χ2n) is 4.68. The normalized spacial score (nSPS) is 23.9. The Labute approximate surface area is 107 Å². The van der Waals surface area contributed by atoms with E-state index >= 15 is 0 Å². The van der Waals surface area contributed by atoms with Crippen LogP contribution in [0, 0.1) is 6.92 Å². The summed E-state index contributed by atoms with van der Waals surface area (Å²) in [6.07, 6.45) is 2.92. The van der Waals surface area contributed by atoms with E-state index in [0.717, 1.165) is 25.8 Å². The Morgan fingerprint density at radius 1 is 1.65 bits per heavy atom. The van der Waals surface area contributed by atoms with E-state index in [1.807, 2.05) is 0 Å². The highest BCUT2D eigenvalue weighted by molar-refractivity contribution is 7.10. The van der Waals surface area contributed by atoms with E-state index < -0.39 is 0 Å². The highest BCUT2D eigenvalue weighted by Gasteiger charge is 2.38. The lowest BCUT2D eigenvalue weighted by Gasteiger charge is -2.26. The van der Waals surface area contributed by atoms with Gasteiger partial charge in [0.05, 0.1) is 12.1 Å². The average Bonchev–Trinajstić information content (AvgIpc) is 2.95. The smallest absolute Gasteiger partial charge is 0.240 e. The highest BCUT2D eigenvalue weighted by Crippen LogP contribution is 2.23. The molecule has 0 spiro atoms. The van der Waals surface area contributed by atoms with E-state index in [-0.39, 0.29) is 11.4 Å². The first kappa shape index (κ1) is 12.6. The number of thiophene rings is 1. The largest absolute Gasteiger partial charge is 0.350 e. The number of carbonyl (C=O) groups excluding carboxylic acids is 1. The number of aryl methyl sites for hydroxylation is 1. The molecule has 1 aliphatic heterocycles. The predicted octanol–water partition coefficient (Wildman–Crippen LogP) is 2.20. The molecule has 17 heavy (non-hydrogen) atoms. The maximum atomic E-state index is 12.2. The van der Waals surface area contributed by atoms with Crippen molar-refractivity contribution in [3.63, 3.8) is 0 Å². The van der Waals surface area contributed by atoms with Crippen molar-refractivity contribution in [1.29, 1.82) is 0 Å². The van der Waals surface area contributed by atoms with Gasteiger partial charge in [0.25, 0.3) is 0 Å². The Hall–Kier alpha value is -0.870. The number of rotatable bonds is 4. The lowest BCUT2D eigenvalue weighted by molar-refractivity contribution is -0.127. The maximum absolute atomic E-state index is 12.2. The van der Waals surface area contributed by atoms with Gasteiger partial charge in [0, 0.05) is 4.88 Å². The van der Waals surface area contributed by atoms with Crippen LogP contribution in [0.25, 0.3) is 0 Å². The Morgan fingerprint density at radius 2 is 2.47 bits per heavy atom. The fourth-order valence-electron chi connectivity index (χ4n) is 2.38. The van der Waals surface area contributed by atoms with Crippen molar-refractivity contribution in [2.75, 3.05) is 6.54 Å². The van der Waals surface area contributed by atoms with Gasteiger partial charge in [-0.2, -0.15) is 0 Å². The molecule has 2 heterocycles. The lowest BCUT2D eigenvalue weighted by atomic mass is 9.93. The molecule has 0 bridgehead atoms. The molecule has 2 rings (SSSR count). The van der Waals surface area contributed by atoms with Crippen molar-refractivity contribution in [2.24, 2.45) is 0 Å². The molecule has 1 unspecified atom stereocenters. The van der Waals surface area contributed by atoms with Crippen LogP contribution in [0.3, 0.4) is 0 Å². The summed E-state index contributed by atoms with van der Waals surface area (Å²) in [6.45, 7) is 5.78. The quantitative estimate of drug-likeness (QED) is 0.862. The van der Waals surface area contributed by atoms with Gasteiger partial charge in [-0.05, 0) is 49.7 Å². The van der Waals surface area contributed by atoms with E-state index in [1.165, 1.54) is 10.4 Å². The van der Waals surface area contributed by atoms with E-state index in [0.29, 0.717) is 6.54 Å². The van der Waals surface area contributed by atoms with Gasteiger partial charge in [-0.15, -0.1) is 11.3 Å². The van der Waals surface area contributed by atoms with Crippen LogP contribution in [-0.2, 0) is 11.3 Å². The van der Waals surface area contributed by atoms with E-state index in [4.69, 9.17) is 0 Å². The minimum atomic E-state index is -0.314. The molecular weight excluding hydrogens is 232 g/mol. The summed E-state index contributed by atoms with van der Waals surface area (Å²) >= 11 is 1.71. The second-order valence-corrected chi connectivity index (χ2v) is 5.68. The fourth-order valence-corrected chi connectivity index (χ4v) is 3.22. The number of hydrogen-bond acceptors (Lipinski definition) is 3. The van der Waals surface area contributed by atoms with Crippen LogP contribution in [0.2, 0.25) is 0 Å². The summed E-state index contributed by atoms with van der Waals surface area (Å²) in [7, 11) is 0. The lowest BCUT2D eigenvalue weighted by Crippen LogP contribution is -2.52. The van der Waals surface area contributed by atoms with Gasteiger partial charge in [0.15, 0.2) is 0 Å². The molecule has 1 saturated heterocycles. The van der Waals surface area contributed by atoms with Gasteiger partial charge in [-0.3, -0.25) is 4.79 Å². The summed E-state index contributed by atoms with van der Waals surface area (Å²) in [5, 5.41) is 8.49. The summed E-state index contributed by atoms with van der Waals surface area (Å²) in [5.74, 6) is 0.158. The summed E-state index contributed by atoms with van der Waals surface area (Å²) in [5.41, 5.74) is 0.950. The van der Waals surface area contributed by atoms with E-state index in [9.17, 15) is 4.79 Å². The molecule has 0 aromatic carbocycles. The molecule has 3 nitrogen and oxygen atoms in total. The van der Waals surface area contributed by atoms with Crippen LogP contribution in [0.15, 0.2) is 11.4 Å². The molecule has 0 saturated carbocycles. The Bertz CT molecular complexity index is 394. The summed E-state index contributed by atoms with van der Waals surface area (Å²) in [6, 6.07) is 2.09. The van der Waals surface area contributed by atoms with Crippen LogP contribution >= 0.6 is 11.3 Å². The number of amides is 1. The Kier molecular flexibility index (Phi) is 3.84. The molecule has 1 atom stereocenters. The van der Waals surface area contributed by atoms with Crippen molar-refractivity contribution in [3.05, 3.63) is 21.9 Å². The third-order valence-corrected chi connectivity index (χ3v) is 4.68. The minimum absolute atomic E-state index is 0.158. The first-order valence-electron chi connectivity index (χ1n) is 6.24. The SMILES string of the molecule is CCC1(C(=O)NCc2sccc2C)CCCN1. The van der Waals surface area contributed by atoms with Crippen LogP contribution in [-0.4, -0.2) is 18.0 Å². The van der Waals surface area contributed by atoms with Gasteiger partial charge in [-0.25, -0.2) is 0 Å². The fraction of sp³-hybridized carbons (Fsp3) is 0.615. The standard InChI is InChI=1S/C13H20N2OS/c1-3-13(6-4-7-15-13)12(16)14-9-11-10(2)5-8-17-11/h5,8,15H,3-4,6-7,9H2,1-2H3,(H,14,16). The molecule has 94 valence electrons. The highest BCUT2D eigenvalue weighted by atomic mass is 32.1. The molecule has 1 aromatic heterocycles. The van der Waals surface area contributed by atoms with Crippen LogP contribution in [0.4, 0.5) is 0 Å². The monoisotopic (exact) mass is 252 g/mol. The van der Waals surface area contributed by atoms with Crippen LogP contribution in [0.5, 0.6) is 0 Å². The van der Waals surface area contributed by atoms with Crippen molar-refractivity contribution in [2.45, 2.75) is 45.2 Å². The average molecular weight is 252 g/mol. The zero-order valence-corrected chi connectivity index (χ0v) is 11.3. The van der Waals surface area contributed by atoms with Gasteiger partial charge in [0.2, 0.25) is 5.91 Å². The number of hydrogen-bond donors (Lipinski definition) is 2. The molecule has 1 amide bonds. The van der Waals surface area contributed by atoms with Gasteiger partial charge < -0.3 is 10.6 Å². The molecule has 0 radical (unpaired) electrons. The zero-order chi connectivity index (χ0) is 12.3. The zero-order valence-electron chi connectivity index (χ0n) is 10.5. The number of carbonyl (C=O) groups is 1. The minimum Gasteiger partial charge on any atom is -0.350 e. The van der Waals surface area contributed by atoms with E-state index in [1.54, 1.807) is 11.3 Å². The van der Waals surface area contributed by atoms with Crippen molar-refractivity contribution < 1.29 is 4.79 Å². The molecular formula is C13H20N2OS. The first-order chi connectivity index (χ1) is 8.18. The molecule has 4 heteroatoms. The molecule has 1 fully saturated rings. The van der Waals surface area contributed by atoms with E-state index in [2.05, 4.69) is 35.9 Å². The molecule has 0 aliphatic carbocycles. The summed E-state index contributed by atoms with van der Waals surface area (Å²) < 4.78 is 0. The molecule has 1 aromatic rings. The topological polar surface area (TPSA) is 41.1 Å². The Balaban J connectivity index is 1.95. The van der Waals surface area contributed by atoms with Crippen molar-refractivity contribution in [3.8, 4) is 0 Å². The van der Waals surface area contributed by atoms with Crippen LogP contribution in [0.1, 0.15) is 36.6 Å². The van der Waals surface area contributed by atoms with Crippen LogP contribution < -0.4 is 10.6 Å². The molecule has 1 aliphatic rings. The van der Waals surface area contributed by atoms with Crippen molar-refractivity contribution in [1.82, 2.24) is 10.6 Å². The number of nitrogens with one attached hydrogen (secondary N) is 2. The van der Waals surface area contributed by atoms with Crippen molar-refractivity contribution >= 4 is 17.2 Å². The Morgan fingerprint density at radius 3 is 3.00 bits per heavy atom. The summed E-state index contributed by atoms with van der Waals surface area (Å²) in [4.78, 5) is 13.5. The first-order valence-corrected chi connectivity index (χ1v) is 7.12. The third-order valence-electron chi connectivity index (χ3n) is 3.66. The maximum Gasteiger partial charge on any atom is 0.240 e. The molecule has 2 N–H and O–H groups in total. The third kappa shape index (κ3) is 2.53.